The summed E-state index contributed by atoms with van der Waals surface area (Å²) >= 11 is 1.93. The van der Waals surface area contributed by atoms with E-state index in [4.69, 9.17) is 21.4 Å². The van der Waals surface area contributed by atoms with E-state index in [0.717, 1.165) is 57.1 Å². The van der Waals surface area contributed by atoms with Crippen LogP contribution in [0.1, 0.15) is 83.8 Å². The number of fused-ring (bicyclic) bond motifs is 10. The number of hydrogen-bond donors (Lipinski definition) is 0. The van der Waals surface area contributed by atoms with Gasteiger partial charge < -0.3 is 9.13 Å². The van der Waals surface area contributed by atoms with Gasteiger partial charge in [0, 0.05) is 49.2 Å². The van der Waals surface area contributed by atoms with Crippen LogP contribution < -0.4 is 0 Å². The fraction of sp³-hybridized carbons (Fsp3) is 0.288. The molecule has 334 valence electrons. The maximum absolute atomic E-state index is 7.03. The second-order valence-corrected chi connectivity index (χ2v) is 25.3. The van der Waals surface area contributed by atoms with Gasteiger partial charge in [-0.25, -0.2) is 0 Å². The summed E-state index contributed by atoms with van der Waals surface area (Å²) in [6.45, 7) is 8.69. The van der Waals surface area contributed by atoms with Crippen LogP contribution in [0, 0.1) is 11.8 Å². The zero-order valence-corrected chi connectivity index (χ0v) is 41.8. The fourth-order valence-electron chi connectivity index (χ4n) is 11.0. The summed E-state index contributed by atoms with van der Waals surface area (Å²) in [7, 11) is 12.3. The fourth-order valence-corrected chi connectivity index (χ4v) is 14.2. The Hall–Kier alpha value is -4.71. The van der Waals surface area contributed by atoms with Gasteiger partial charge in [-0.15, -0.1) is 11.3 Å². The van der Waals surface area contributed by atoms with Gasteiger partial charge in [0.15, 0.2) is 0 Å². The Kier molecular flexibility index (Phi) is 14.0. The highest BCUT2D eigenvalue weighted by molar-refractivity contribution is 8.65. The lowest BCUT2D eigenvalue weighted by molar-refractivity contribution is 0.503. The largest absolute Gasteiger partial charge is 0.309 e. The lowest BCUT2D eigenvalue weighted by Gasteiger charge is -2.35. The van der Waals surface area contributed by atoms with Crippen LogP contribution in [-0.4, -0.2) is 21.1 Å². The maximum Gasteiger partial charge on any atom is 0.0607 e. The van der Waals surface area contributed by atoms with Crippen molar-refractivity contribution in [3.63, 3.8) is 0 Å². The molecule has 0 aliphatic heterocycles. The Bertz CT molecular complexity index is 3000. The normalized spacial score (nSPS) is 19.3. The molecule has 65 heavy (non-hydrogen) atoms. The van der Waals surface area contributed by atoms with Gasteiger partial charge in [0.2, 0.25) is 0 Å². The zero-order chi connectivity index (χ0) is 45.1. The Balaban J connectivity index is 0.00000263. The van der Waals surface area contributed by atoms with Crippen molar-refractivity contribution < 1.29 is 0 Å². The molecule has 10 rings (SSSR count). The number of rotatable bonds is 5. The van der Waals surface area contributed by atoms with Gasteiger partial charge >= 0.3 is 0 Å². The quantitative estimate of drug-likeness (QED) is 0.163. The molecule has 3 heterocycles. The summed E-state index contributed by atoms with van der Waals surface area (Å²) in [6.07, 6.45) is 21.1. The van der Waals surface area contributed by atoms with Gasteiger partial charge in [0.1, 0.15) is 0 Å². The number of hydrogen-bond acceptors (Lipinski definition) is 1. The predicted molar refractivity (Wildman–Crippen MR) is 292 cm³/mol. The molecule has 0 radical (unpaired) electrons. The number of benzene rings is 5. The Morgan fingerprint density at radius 2 is 1.29 bits per heavy atom. The summed E-state index contributed by atoms with van der Waals surface area (Å²) in [4.78, 5) is 1.41. The molecule has 2 atom stereocenters. The third kappa shape index (κ3) is 8.97. The molecule has 0 amide bonds. The SMILES string of the molecule is C/C=C(\C1=C(/C)C2CC=CC=C2C(CS(C)(Cl)Cl)CCCCCc2ccccc2-c2scc(-n3c4ccccc4c4ccccc43)c2CCC1)n1c2ccccc2c2ccccc21.CC. The predicted octanol–water partition coefficient (Wildman–Crippen LogP) is 18.8. The molecule has 0 saturated carbocycles. The van der Waals surface area contributed by atoms with E-state index in [9.17, 15) is 0 Å². The summed E-state index contributed by atoms with van der Waals surface area (Å²) in [5.74, 6) is 1.43. The number of para-hydroxylation sites is 4. The minimum Gasteiger partial charge on any atom is -0.309 e. The third-order valence-electron chi connectivity index (χ3n) is 13.9. The Labute approximate surface area is 401 Å². The van der Waals surface area contributed by atoms with E-state index in [2.05, 4.69) is 180 Å². The first kappa shape index (κ1) is 45.4. The van der Waals surface area contributed by atoms with Gasteiger partial charge in [-0.05, 0) is 117 Å². The number of halogens is 2. The summed E-state index contributed by atoms with van der Waals surface area (Å²) in [6, 6.07) is 45.0. The van der Waals surface area contributed by atoms with E-state index >= 15 is 0 Å². The molecule has 0 fully saturated rings. The molecule has 3 aromatic heterocycles. The molecule has 2 unspecified atom stereocenters. The highest BCUT2D eigenvalue weighted by Crippen LogP contribution is 2.58. The molecule has 0 bridgehead atoms. The summed E-state index contributed by atoms with van der Waals surface area (Å²) in [5.41, 5.74) is 16.4. The van der Waals surface area contributed by atoms with Crippen LogP contribution >= 0.6 is 41.2 Å². The Morgan fingerprint density at radius 3 is 1.92 bits per heavy atom. The highest BCUT2D eigenvalue weighted by Gasteiger charge is 2.31. The number of thiophene rings is 1. The second-order valence-electron chi connectivity index (χ2n) is 17.7. The molecule has 2 aliphatic carbocycles. The maximum atomic E-state index is 7.03. The smallest absolute Gasteiger partial charge is 0.0607 e. The molecular formula is C59H62Cl2N2S2. The molecule has 2 nitrogen and oxygen atoms in total. The van der Waals surface area contributed by atoms with Crippen molar-refractivity contribution in [1.82, 2.24) is 9.13 Å². The average Bonchev–Trinajstić information content (AvgIpc) is 4.01. The van der Waals surface area contributed by atoms with Crippen LogP contribution in [0.4, 0.5) is 0 Å². The van der Waals surface area contributed by atoms with Crippen LogP contribution in [0.3, 0.4) is 0 Å². The van der Waals surface area contributed by atoms with Crippen molar-refractivity contribution in [2.75, 3.05) is 12.0 Å². The molecule has 6 heteroatoms. The first-order chi connectivity index (χ1) is 31.8. The molecule has 2 aliphatic rings. The van der Waals surface area contributed by atoms with Crippen molar-refractivity contribution >= 4 is 90.5 Å². The number of allylic oxidation sites excluding steroid dienone is 8. The summed E-state index contributed by atoms with van der Waals surface area (Å²) < 4.78 is 5.11. The van der Waals surface area contributed by atoms with Gasteiger partial charge in [0.25, 0.3) is 0 Å². The standard InChI is InChI=1S/C57H56Cl2N2S2.C2H6/c1-4-51(60-52-33-16-12-27-46(52)47-28-13-17-34-53(47)60)43-31-20-32-50-56(61-54-35-18-14-29-48(54)49-30-15-19-36-55(49)61)37-62-57(50)45-26-9-8-22-40(45)21-6-5-7-23-41(38-63(3,58)59)44-25-11-10-24-42(44)39(43)2;1-2/h4,8-19,22,25-30,33-37,41-42H,5-7,20-21,23-24,31-32,38H2,1-3H3;1-2H3/b43-39+,51-4+;. The molecule has 0 spiro atoms. The molecule has 5 aromatic carbocycles. The van der Waals surface area contributed by atoms with Crippen LogP contribution in [0.25, 0.3) is 65.4 Å². The van der Waals surface area contributed by atoms with Gasteiger partial charge in [-0.2, -0.15) is 0 Å². The van der Waals surface area contributed by atoms with Crippen molar-refractivity contribution in [2.24, 2.45) is 11.8 Å². The number of aryl methyl sites for hydroxylation is 1. The topological polar surface area (TPSA) is 9.86 Å². The first-order valence-corrected chi connectivity index (χ1v) is 28.6. The van der Waals surface area contributed by atoms with Gasteiger partial charge in [-0.3, -0.25) is 0 Å². The van der Waals surface area contributed by atoms with Crippen LogP contribution in [-0.2, 0) is 12.8 Å². The van der Waals surface area contributed by atoms with Crippen LogP contribution in [0.5, 0.6) is 0 Å². The lowest BCUT2D eigenvalue weighted by Crippen LogP contribution is -2.21. The number of aromatic nitrogens is 2. The zero-order valence-electron chi connectivity index (χ0n) is 38.6. The van der Waals surface area contributed by atoms with Crippen molar-refractivity contribution in [3.05, 3.63) is 179 Å². The van der Waals surface area contributed by atoms with Crippen molar-refractivity contribution in [2.45, 2.75) is 85.5 Å². The molecule has 8 aromatic rings. The van der Waals surface area contributed by atoms with Crippen molar-refractivity contribution in [1.29, 1.82) is 0 Å². The van der Waals surface area contributed by atoms with E-state index in [1.54, 1.807) is 0 Å². The number of nitrogens with zero attached hydrogens (tertiary/aromatic N) is 2. The minimum absolute atomic E-state index is 0.276. The van der Waals surface area contributed by atoms with E-state index in [-0.39, 0.29) is 5.92 Å². The molecule has 0 N–H and O–H groups in total. The van der Waals surface area contributed by atoms with E-state index in [1.165, 1.54) is 99.7 Å². The first-order valence-electron chi connectivity index (χ1n) is 23.8. The second kappa shape index (κ2) is 20.0. The highest BCUT2D eigenvalue weighted by atomic mass is 36.0. The lowest BCUT2D eigenvalue weighted by atomic mass is 9.76. The van der Waals surface area contributed by atoms with E-state index in [0.29, 0.717) is 5.92 Å². The van der Waals surface area contributed by atoms with Crippen LogP contribution in [0.2, 0.25) is 0 Å². The average molecular weight is 934 g/mol. The third-order valence-corrected chi connectivity index (χ3v) is 16.7. The van der Waals surface area contributed by atoms with E-state index in [1.807, 2.05) is 25.2 Å². The summed E-state index contributed by atoms with van der Waals surface area (Å²) in [5, 5.41) is 7.64. The van der Waals surface area contributed by atoms with Gasteiger partial charge in [0.05, 0.1) is 27.8 Å². The minimum atomic E-state index is -1.77. The van der Waals surface area contributed by atoms with E-state index < -0.39 is 8.46 Å². The molecule has 0 saturated heterocycles. The van der Waals surface area contributed by atoms with Gasteiger partial charge in [-0.1, -0.05) is 189 Å². The van der Waals surface area contributed by atoms with Crippen molar-refractivity contribution in [3.8, 4) is 16.1 Å². The molecular weight excluding hydrogens is 872 g/mol. The Morgan fingerprint density at radius 1 is 0.708 bits per heavy atom. The monoisotopic (exact) mass is 932 g/mol. The van der Waals surface area contributed by atoms with Crippen LogP contribution in [0.15, 0.2) is 168 Å².